The Labute approximate surface area is 115 Å². The molecule has 3 rings (SSSR count). The zero-order chi connectivity index (χ0) is 12.4. The smallest absolute Gasteiger partial charge is 0.00756 e. The molecule has 1 saturated heterocycles. The molecule has 1 aromatic rings. The Morgan fingerprint density at radius 2 is 1.94 bits per heavy atom. The van der Waals surface area contributed by atoms with Gasteiger partial charge in [-0.3, -0.25) is 0 Å². The molecule has 2 aliphatic rings. The molecule has 1 saturated carbocycles. The van der Waals surface area contributed by atoms with Crippen LogP contribution in [0.2, 0.25) is 0 Å². The third kappa shape index (κ3) is 2.21. The second-order valence-electron chi connectivity index (χ2n) is 5.90. The standard InChI is InChI=1S/C16H23NS/c17-12-16(7-2-1-3-8-16)15-6-4-5-13(9-15)14-10-18-11-14/h4-6,9,14H,1-3,7-8,10-12,17H2. The van der Waals surface area contributed by atoms with Crippen molar-refractivity contribution >= 4 is 11.8 Å². The van der Waals surface area contributed by atoms with Gasteiger partial charge in [0.15, 0.2) is 0 Å². The third-order valence-corrected chi connectivity index (χ3v) is 6.09. The maximum Gasteiger partial charge on any atom is 0.00756 e. The van der Waals surface area contributed by atoms with E-state index in [9.17, 15) is 0 Å². The van der Waals surface area contributed by atoms with E-state index in [0.717, 1.165) is 12.5 Å². The van der Waals surface area contributed by atoms with Crippen LogP contribution in [0.3, 0.4) is 0 Å². The first-order valence-corrected chi connectivity index (χ1v) is 8.38. The minimum atomic E-state index is 0.283. The van der Waals surface area contributed by atoms with E-state index in [1.807, 2.05) is 0 Å². The monoisotopic (exact) mass is 261 g/mol. The van der Waals surface area contributed by atoms with Gasteiger partial charge in [-0.15, -0.1) is 0 Å². The fourth-order valence-electron chi connectivity index (χ4n) is 3.39. The van der Waals surface area contributed by atoms with Crippen LogP contribution < -0.4 is 5.73 Å². The number of hydrogen-bond donors (Lipinski definition) is 1. The van der Waals surface area contributed by atoms with E-state index >= 15 is 0 Å². The first-order valence-electron chi connectivity index (χ1n) is 7.22. The molecule has 1 aliphatic heterocycles. The Hall–Kier alpha value is -0.470. The summed E-state index contributed by atoms with van der Waals surface area (Å²) in [5, 5.41) is 0. The first kappa shape index (κ1) is 12.6. The highest BCUT2D eigenvalue weighted by Gasteiger charge is 2.33. The lowest BCUT2D eigenvalue weighted by atomic mass is 9.69. The zero-order valence-corrected chi connectivity index (χ0v) is 11.8. The Morgan fingerprint density at radius 3 is 2.56 bits per heavy atom. The highest BCUT2D eigenvalue weighted by atomic mass is 32.2. The van der Waals surface area contributed by atoms with Gasteiger partial charge in [0.25, 0.3) is 0 Å². The fraction of sp³-hybridized carbons (Fsp3) is 0.625. The van der Waals surface area contributed by atoms with Gasteiger partial charge in [-0.25, -0.2) is 0 Å². The van der Waals surface area contributed by atoms with E-state index in [2.05, 4.69) is 36.0 Å². The summed E-state index contributed by atoms with van der Waals surface area (Å²) in [4.78, 5) is 0. The van der Waals surface area contributed by atoms with Gasteiger partial charge in [-0.05, 0) is 24.0 Å². The normalized spacial score (nSPS) is 23.6. The van der Waals surface area contributed by atoms with Gasteiger partial charge in [0, 0.05) is 29.4 Å². The van der Waals surface area contributed by atoms with E-state index in [4.69, 9.17) is 5.73 Å². The molecule has 0 spiro atoms. The van der Waals surface area contributed by atoms with Crippen molar-refractivity contribution in [2.75, 3.05) is 18.1 Å². The van der Waals surface area contributed by atoms with Gasteiger partial charge < -0.3 is 5.73 Å². The van der Waals surface area contributed by atoms with Gasteiger partial charge in [0.05, 0.1) is 0 Å². The number of thioether (sulfide) groups is 1. The molecule has 2 fully saturated rings. The summed E-state index contributed by atoms with van der Waals surface area (Å²) >= 11 is 2.06. The van der Waals surface area contributed by atoms with Crippen molar-refractivity contribution in [3.63, 3.8) is 0 Å². The number of benzene rings is 1. The SMILES string of the molecule is NCC1(c2cccc(C3CSC3)c2)CCCCC1. The maximum atomic E-state index is 6.14. The van der Waals surface area contributed by atoms with Crippen LogP contribution in [0.5, 0.6) is 0 Å². The van der Waals surface area contributed by atoms with Crippen molar-refractivity contribution in [2.24, 2.45) is 5.73 Å². The van der Waals surface area contributed by atoms with Crippen molar-refractivity contribution in [3.8, 4) is 0 Å². The van der Waals surface area contributed by atoms with E-state index in [0.29, 0.717) is 0 Å². The summed E-state index contributed by atoms with van der Waals surface area (Å²) in [7, 11) is 0. The van der Waals surface area contributed by atoms with E-state index < -0.39 is 0 Å². The predicted octanol–water partition coefficient (Wildman–Crippen LogP) is 3.68. The van der Waals surface area contributed by atoms with Crippen LogP contribution in [0.15, 0.2) is 24.3 Å². The number of rotatable bonds is 3. The highest BCUT2D eigenvalue weighted by Crippen LogP contribution is 2.41. The lowest BCUT2D eigenvalue weighted by Crippen LogP contribution is -2.37. The summed E-state index contributed by atoms with van der Waals surface area (Å²) in [5.74, 6) is 3.41. The highest BCUT2D eigenvalue weighted by molar-refractivity contribution is 8.00. The van der Waals surface area contributed by atoms with Crippen LogP contribution >= 0.6 is 11.8 Å². The molecule has 0 radical (unpaired) electrons. The molecular weight excluding hydrogens is 238 g/mol. The quantitative estimate of drug-likeness (QED) is 0.898. The average Bonchev–Trinajstić information content (AvgIpc) is 2.38. The molecule has 0 atom stereocenters. The molecule has 0 amide bonds. The molecule has 0 bridgehead atoms. The van der Waals surface area contributed by atoms with Gasteiger partial charge >= 0.3 is 0 Å². The second kappa shape index (κ2) is 5.26. The Bertz CT molecular complexity index is 405. The predicted molar refractivity (Wildman–Crippen MR) is 80.3 cm³/mol. The summed E-state index contributed by atoms with van der Waals surface area (Å²) in [6.07, 6.45) is 6.65. The van der Waals surface area contributed by atoms with Gasteiger partial charge in [-0.2, -0.15) is 11.8 Å². The molecule has 0 unspecified atom stereocenters. The number of nitrogens with two attached hydrogens (primary N) is 1. The zero-order valence-electron chi connectivity index (χ0n) is 11.0. The molecule has 98 valence electrons. The fourth-order valence-corrected chi connectivity index (χ4v) is 4.25. The van der Waals surface area contributed by atoms with Gasteiger partial charge in [-0.1, -0.05) is 43.5 Å². The van der Waals surface area contributed by atoms with Gasteiger partial charge in [0.1, 0.15) is 0 Å². The lowest BCUT2D eigenvalue weighted by molar-refractivity contribution is 0.300. The first-order chi connectivity index (χ1) is 8.84. The van der Waals surface area contributed by atoms with E-state index in [1.165, 1.54) is 49.2 Å². The summed E-state index contributed by atoms with van der Waals surface area (Å²) in [6, 6.07) is 9.33. The summed E-state index contributed by atoms with van der Waals surface area (Å²) in [5.41, 5.74) is 9.48. The second-order valence-corrected chi connectivity index (χ2v) is 6.98. The van der Waals surface area contributed by atoms with Crippen LogP contribution in [0.1, 0.15) is 49.1 Å². The van der Waals surface area contributed by atoms with E-state index in [-0.39, 0.29) is 5.41 Å². The van der Waals surface area contributed by atoms with Crippen LogP contribution in [0, 0.1) is 0 Å². The van der Waals surface area contributed by atoms with Crippen LogP contribution in [-0.4, -0.2) is 18.1 Å². The van der Waals surface area contributed by atoms with Crippen molar-refractivity contribution in [3.05, 3.63) is 35.4 Å². The molecular formula is C16H23NS. The Balaban J connectivity index is 1.89. The van der Waals surface area contributed by atoms with Crippen LogP contribution in [0.25, 0.3) is 0 Å². The Morgan fingerprint density at radius 1 is 1.17 bits per heavy atom. The van der Waals surface area contributed by atoms with Crippen molar-refractivity contribution in [1.82, 2.24) is 0 Å². The lowest BCUT2D eigenvalue weighted by Gasteiger charge is -2.37. The molecule has 2 N–H and O–H groups in total. The van der Waals surface area contributed by atoms with Crippen molar-refractivity contribution in [1.29, 1.82) is 0 Å². The third-order valence-electron chi connectivity index (χ3n) is 4.81. The molecule has 1 heterocycles. The molecule has 1 aliphatic carbocycles. The van der Waals surface area contributed by atoms with Crippen molar-refractivity contribution < 1.29 is 0 Å². The van der Waals surface area contributed by atoms with E-state index in [1.54, 1.807) is 5.56 Å². The van der Waals surface area contributed by atoms with Crippen LogP contribution in [0.4, 0.5) is 0 Å². The Kier molecular flexibility index (Phi) is 3.67. The molecule has 1 aromatic carbocycles. The summed E-state index contributed by atoms with van der Waals surface area (Å²) < 4.78 is 0. The topological polar surface area (TPSA) is 26.0 Å². The average molecular weight is 261 g/mol. The maximum absolute atomic E-state index is 6.14. The van der Waals surface area contributed by atoms with Crippen molar-refractivity contribution in [2.45, 2.75) is 43.4 Å². The largest absolute Gasteiger partial charge is 0.330 e. The molecule has 1 nitrogen and oxygen atoms in total. The summed E-state index contributed by atoms with van der Waals surface area (Å²) in [6.45, 7) is 0.815. The van der Waals surface area contributed by atoms with Gasteiger partial charge in [0.2, 0.25) is 0 Å². The molecule has 0 aromatic heterocycles. The minimum absolute atomic E-state index is 0.283. The minimum Gasteiger partial charge on any atom is -0.330 e. The molecule has 2 heteroatoms. The van der Waals surface area contributed by atoms with Crippen LogP contribution in [-0.2, 0) is 5.41 Å². The number of hydrogen-bond acceptors (Lipinski definition) is 2. The molecule has 18 heavy (non-hydrogen) atoms.